The maximum absolute atomic E-state index is 11.7. The van der Waals surface area contributed by atoms with Gasteiger partial charge >= 0.3 is 0 Å². The van der Waals surface area contributed by atoms with E-state index in [0.29, 0.717) is 6.04 Å². The van der Waals surface area contributed by atoms with E-state index >= 15 is 0 Å². The summed E-state index contributed by atoms with van der Waals surface area (Å²) in [5, 5.41) is 0. The topological polar surface area (TPSA) is 23.6 Å². The molecule has 1 aliphatic heterocycles. The predicted octanol–water partition coefficient (Wildman–Crippen LogP) is 2.56. The molecule has 1 aromatic carbocycles. The number of nitrogens with zero attached hydrogens (tertiary/aromatic N) is 2. The highest BCUT2D eigenvalue weighted by Gasteiger charge is 2.30. The molecule has 3 heteroatoms. The molecule has 21 heavy (non-hydrogen) atoms. The standard InChI is InChI=1S/C18H28N2O/c1-4-20-12-8-11-17(20)13-19(3)14-18(2,15-21)16-9-6-5-7-10-16/h5-7,9-10,15,17H,4,8,11-14H2,1-3H3. The van der Waals surface area contributed by atoms with Gasteiger partial charge in [0.1, 0.15) is 6.29 Å². The van der Waals surface area contributed by atoms with Gasteiger partial charge in [-0.1, -0.05) is 37.3 Å². The van der Waals surface area contributed by atoms with Gasteiger partial charge in [-0.25, -0.2) is 0 Å². The Bertz CT molecular complexity index is 448. The Morgan fingerprint density at radius 3 is 2.71 bits per heavy atom. The van der Waals surface area contributed by atoms with Gasteiger partial charge < -0.3 is 9.69 Å². The van der Waals surface area contributed by atoms with Gasteiger partial charge in [0.25, 0.3) is 0 Å². The molecule has 0 radical (unpaired) electrons. The Kier molecular flexibility index (Phi) is 5.54. The van der Waals surface area contributed by atoms with Gasteiger partial charge in [0.05, 0.1) is 5.41 Å². The first kappa shape index (κ1) is 16.2. The molecule has 0 spiro atoms. The highest BCUT2D eigenvalue weighted by Crippen LogP contribution is 2.24. The summed E-state index contributed by atoms with van der Waals surface area (Å²) in [7, 11) is 2.14. The average Bonchev–Trinajstić information content (AvgIpc) is 2.95. The van der Waals surface area contributed by atoms with E-state index in [2.05, 4.69) is 35.9 Å². The van der Waals surface area contributed by atoms with Crippen LogP contribution in [0.15, 0.2) is 30.3 Å². The largest absolute Gasteiger partial charge is 0.304 e. The predicted molar refractivity (Wildman–Crippen MR) is 87.6 cm³/mol. The molecule has 0 saturated carbocycles. The van der Waals surface area contributed by atoms with Gasteiger partial charge in [-0.05, 0) is 45.5 Å². The highest BCUT2D eigenvalue weighted by atomic mass is 16.1. The first-order valence-corrected chi connectivity index (χ1v) is 8.03. The summed E-state index contributed by atoms with van der Waals surface area (Å²) in [6, 6.07) is 10.8. The van der Waals surface area contributed by atoms with Crippen molar-refractivity contribution in [2.45, 2.75) is 38.1 Å². The molecule has 0 bridgehead atoms. The van der Waals surface area contributed by atoms with E-state index in [-0.39, 0.29) is 0 Å². The Balaban J connectivity index is 2.00. The summed E-state index contributed by atoms with van der Waals surface area (Å²) < 4.78 is 0. The minimum Gasteiger partial charge on any atom is -0.304 e. The van der Waals surface area contributed by atoms with Gasteiger partial charge in [-0.15, -0.1) is 0 Å². The smallest absolute Gasteiger partial charge is 0.131 e. The molecule has 0 amide bonds. The Morgan fingerprint density at radius 2 is 2.10 bits per heavy atom. The molecule has 2 unspecified atom stereocenters. The maximum atomic E-state index is 11.7. The number of benzene rings is 1. The van der Waals surface area contributed by atoms with Gasteiger partial charge in [-0.2, -0.15) is 0 Å². The molecule has 0 aliphatic carbocycles. The molecule has 1 saturated heterocycles. The zero-order valence-electron chi connectivity index (χ0n) is 13.6. The number of rotatable bonds is 7. The fourth-order valence-electron chi connectivity index (χ4n) is 3.52. The average molecular weight is 288 g/mol. The minimum atomic E-state index is -0.425. The van der Waals surface area contributed by atoms with Crippen molar-refractivity contribution in [1.29, 1.82) is 0 Å². The zero-order chi connectivity index (χ0) is 15.3. The fraction of sp³-hybridized carbons (Fsp3) is 0.611. The van der Waals surface area contributed by atoms with Crippen LogP contribution in [0.4, 0.5) is 0 Å². The summed E-state index contributed by atoms with van der Waals surface area (Å²) in [5.41, 5.74) is 0.677. The summed E-state index contributed by atoms with van der Waals surface area (Å²) in [4.78, 5) is 16.6. The second-order valence-corrected chi connectivity index (χ2v) is 6.52. The van der Waals surface area contributed by atoms with Crippen molar-refractivity contribution in [2.75, 3.05) is 33.2 Å². The van der Waals surface area contributed by atoms with E-state index in [9.17, 15) is 4.79 Å². The zero-order valence-corrected chi connectivity index (χ0v) is 13.6. The Labute approximate surface area is 128 Å². The molecule has 116 valence electrons. The number of likely N-dealkylation sites (N-methyl/N-ethyl adjacent to an activating group) is 2. The number of carbonyl (C=O) groups excluding carboxylic acids is 1. The van der Waals surface area contributed by atoms with Gasteiger partial charge in [-0.3, -0.25) is 4.90 Å². The van der Waals surface area contributed by atoms with Crippen LogP contribution >= 0.6 is 0 Å². The molecular weight excluding hydrogens is 260 g/mol. The van der Waals surface area contributed by atoms with Gasteiger partial charge in [0.15, 0.2) is 0 Å². The maximum Gasteiger partial charge on any atom is 0.131 e. The van der Waals surface area contributed by atoms with Crippen molar-refractivity contribution in [3.05, 3.63) is 35.9 Å². The van der Waals surface area contributed by atoms with E-state index < -0.39 is 5.41 Å². The molecule has 2 atom stereocenters. The first-order valence-electron chi connectivity index (χ1n) is 8.03. The molecule has 1 fully saturated rings. The lowest BCUT2D eigenvalue weighted by molar-refractivity contribution is -0.112. The molecule has 1 aliphatic rings. The number of hydrogen-bond donors (Lipinski definition) is 0. The van der Waals surface area contributed by atoms with Crippen LogP contribution in [-0.2, 0) is 10.2 Å². The normalized spacial score (nSPS) is 22.4. The molecule has 0 aromatic heterocycles. The summed E-state index contributed by atoms with van der Waals surface area (Å²) in [6.07, 6.45) is 3.68. The van der Waals surface area contributed by atoms with Crippen molar-refractivity contribution in [1.82, 2.24) is 9.80 Å². The summed E-state index contributed by atoms with van der Waals surface area (Å²) >= 11 is 0. The van der Waals surface area contributed by atoms with Crippen molar-refractivity contribution < 1.29 is 4.79 Å². The van der Waals surface area contributed by atoms with Crippen molar-refractivity contribution in [2.24, 2.45) is 0 Å². The number of hydrogen-bond acceptors (Lipinski definition) is 3. The summed E-state index contributed by atoms with van der Waals surface area (Å²) in [6.45, 7) is 8.44. The minimum absolute atomic E-state index is 0.425. The SMILES string of the molecule is CCN1CCCC1CN(C)CC(C)(C=O)c1ccccc1. The summed E-state index contributed by atoms with van der Waals surface area (Å²) in [5.74, 6) is 0. The second kappa shape index (κ2) is 7.19. The van der Waals surface area contributed by atoms with E-state index in [1.54, 1.807) is 0 Å². The molecule has 1 aromatic rings. The molecular formula is C18H28N2O. The Morgan fingerprint density at radius 1 is 1.38 bits per heavy atom. The molecule has 3 nitrogen and oxygen atoms in total. The van der Waals surface area contributed by atoms with Crippen molar-refractivity contribution >= 4 is 6.29 Å². The van der Waals surface area contributed by atoms with Crippen LogP contribution in [0.25, 0.3) is 0 Å². The quantitative estimate of drug-likeness (QED) is 0.721. The van der Waals surface area contributed by atoms with Crippen molar-refractivity contribution in [3.63, 3.8) is 0 Å². The third-order valence-corrected chi connectivity index (χ3v) is 4.72. The van der Waals surface area contributed by atoms with Crippen LogP contribution in [0.1, 0.15) is 32.3 Å². The first-order chi connectivity index (χ1) is 10.1. The van der Waals surface area contributed by atoms with Crippen molar-refractivity contribution in [3.8, 4) is 0 Å². The van der Waals surface area contributed by atoms with Crippen LogP contribution in [-0.4, -0.2) is 55.4 Å². The van der Waals surface area contributed by atoms with E-state index in [0.717, 1.165) is 31.5 Å². The fourth-order valence-corrected chi connectivity index (χ4v) is 3.52. The number of carbonyl (C=O) groups is 1. The Hall–Kier alpha value is -1.19. The van der Waals surface area contributed by atoms with E-state index in [4.69, 9.17) is 0 Å². The van der Waals surface area contributed by atoms with Crippen LogP contribution in [0.3, 0.4) is 0 Å². The van der Waals surface area contributed by atoms with Gasteiger partial charge in [0, 0.05) is 19.1 Å². The molecule has 0 N–H and O–H groups in total. The number of likely N-dealkylation sites (tertiary alicyclic amines) is 1. The monoisotopic (exact) mass is 288 g/mol. The lowest BCUT2D eigenvalue weighted by atomic mass is 9.83. The molecule has 1 heterocycles. The highest BCUT2D eigenvalue weighted by molar-refractivity contribution is 5.68. The van der Waals surface area contributed by atoms with E-state index in [1.165, 1.54) is 19.4 Å². The second-order valence-electron chi connectivity index (χ2n) is 6.52. The van der Waals surface area contributed by atoms with Crippen LogP contribution < -0.4 is 0 Å². The van der Waals surface area contributed by atoms with E-state index in [1.807, 2.05) is 25.1 Å². The van der Waals surface area contributed by atoms with Crippen LogP contribution in [0.5, 0.6) is 0 Å². The van der Waals surface area contributed by atoms with Crippen LogP contribution in [0.2, 0.25) is 0 Å². The van der Waals surface area contributed by atoms with Crippen LogP contribution in [0, 0.1) is 0 Å². The molecule has 2 rings (SSSR count). The third-order valence-electron chi connectivity index (χ3n) is 4.72. The lowest BCUT2D eigenvalue weighted by Gasteiger charge is -2.33. The number of aldehydes is 1. The lowest BCUT2D eigenvalue weighted by Crippen LogP contribution is -2.44. The third kappa shape index (κ3) is 3.92. The van der Waals surface area contributed by atoms with Gasteiger partial charge in [0.2, 0.25) is 0 Å².